The lowest BCUT2D eigenvalue weighted by Crippen LogP contribution is -2.15. The van der Waals surface area contributed by atoms with Crippen LogP contribution in [0.2, 0.25) is 0 Å². The first-order valence-corrected chi connectivity index (χ1v) is 6.07. The van der Waals surface area contributed by atoms with Crippen molar-refractivity contribution in [2.24, 2.45) is 0 Å². The van der Waals surface area contributed by atoms with Gasteiger partial charge in [-0.05, 0) is 35.3 Å². The fourth-order valence-corrected chi connectivity index (χ4v) is 2.68. The first kappa shape index (κ1) is 10.4. The van der Waals surface area contributed by atoms with Gasteiger partial charge in [-0.2, -0.15) is 0 Å². The van der Waals surface area contributed by atoms with Crippen LogP contribution in [-0.2, 0) is 0 Å². The Morgan fingerprint density at radius 3 is 3.06 bits per heavy atom. The normalized spacial score (nSPS) is 22.8. The molecule has 0 aliphatic carbocycles. The summed E-state index contributed by atoms with van der Waals surface area (Å²) >= 11 is 3.21. The summed E-state index contributed by atoms with van der Waals surface area (Å²) in [5.41, 5.74) is 0.597. The van der Waals surface area contributed by atoms with Crippen molar-refractivity contribution < 1.29 is 13.9 Å². The molecule has 1 aromatic carbocycles. The van der Waals surface area contributed by atoms with Crippen LogP contribution in [0.4, 0.5) is 4.39 Å². The maximum absolute atomic E-state index is 14.1. The number of benzene rings is 1. The van der Waals surface area contributed by atoms with Gasteiger partial charge in [-0.1, -0.05) is 0 Å². The standard InChI is InChI=1S/C11H11BrFNO2/c12-6-4-8-11(16-5-15-8)9(10(6)13)7-2-1-3-14-7/h4,7,14H,1-3,5H2. The van der Waals surface area contributed by atoms with Crippen molar-refractivity contribution >= 4 is 15.9 Å². The molecule has 1 saturated heterocycles. The highest BCUT2D eigenvalue weighted by Gasteiger charge is 2.30. The molecule has 1 aromatic rings. The summed E-state index contributed by atoms with van der Waals surface area (Å²) in [6.45, 7) is 1.09. The van der Waals surface area contributed by atoms with Crippen LogP contribution in [0.1, 0.15) is 24.4 Å². The minimum absolute atomic E-state index is 0.0351. The SMILES string of the molecule is Fc1c(Br)cc2c(c1C1CCCN1)OCO2. The van der Waals surface area contributed by atoms with Gasteiger partial charge in [0.1, 0.15) is 5.82 Å². The van der Waals surface area contributed by atoms with Gasteiger partial charge in [-0.25, -0.2) is 4.39 Å². The first-order chi connectivity index (χ1) is 7.77. The van der Waals surface area contributed by atoms with Gasteiger partial charge >= 0.3 is 0 Å². The van der Waals surface area contributed by atoms with Crippen molar-refractivity contribution in [2.75, 3.05) is 13.3 Å². The van der Waals surface area contributed by atoms with Crippen LogP contribution in [0, 0.1) is 5.82 Å². The van der Waals surface area contributed by atoms with Gasteiger partial charge in [0.15, 0.2) is 11.5 Å². The lowest BCUT2D eigenvalue weighted by atomic mass is 10.0. The predicted molar refractivity (Wildman–Crippen MR) is 60.2 cm³/mol. The highest BCUT2D eigenvalue weighted by molar-refractivity contribution is 9.10. The smallest absolute Gasteiger partial charge is 0.231 e. The molecule has 1 fully saturated rings. The highest BCUT2D eigenvalue weighted by atomic mass is 79.9. The molecular weight excluding hydrogens is 277 g/mol. The van der Waals surface area contributed by atoms with Gasteiger partial charge in [0.2, 0.25) is 6.79 Å². The third-order valence-corrected chi connectivity index (χ3v) is 3.58. The topological polar surface area (TPSA) is 30.5 Å². The van der Waals surface area contributed by atoms with Crippen LogP contribution >= 0.6 is 15.9 Å². The van der Waals surface area contributed by atoms with E-state index in [-0.39, 0.29) is 18.7 Å². The van der Waals surface area contributed by atoms with E-state index in [0.717, 1.165) is 19.4 Å². The second kappa shape index (κ2) is 3.89. The number of halogens is 2. The molecule has 0 aromatic heterocycles. The van der Waals surface area contributed by atoms with Gasteiger partial charge in [0, 0.05) is 12.1 Å². The summed E-state index contributed by atoms with van der Waals surface area (Å²) < 4.78 is 25.2. The van der Waals surface area contributed by atoms with Gasteiger partial charge in [-0.15, -0.1) is 0 Å². The zero-order valence-electron chi connectivity index (χ0n) is 8.56. The molecule has 2 heterocycles. The Morgan fingerprint density at radius 1 is 1.44 bits per heavy atom. The summed E-state index contributed by atoms with van der Waals surface area (Å²) in [4.78, 5) is 0. The Bertz CT molecular complexity index is 432. The van der Waals surface area contributed by atoms with E-state index in [1.54, 1.807) is 6.07 Å². The summed E-state index contributed by atoms with van der Waals surface area (Å²) in [5.74, 6) is 0.931. The fraction of sp³-hybridized carbons (Fsp3) is 0.455. The molecule has 2 aliphatic rings. The molecule has 0 saturated carbocycles. The maximum atomic E-state index is 14.1. The average molecular weight is 288 g/mol. The van der Waals surface area contributed by atoms with E-state index in [0.29, 0.717) is 21.5 Å². The van der Waals surface area contributed by atoms with E-state index >= 15 is 0 Å². The molecule has 0 amide bonds. The molecule has 1 atom stereocenters. The van der Waals surface area contributed by atoms with Gasteiger partial charge in [0.25, 0.3) is 0 Å². The van der Waals surface area contributed by atoms with Gasteiger partial charge in [0.05, 0.1) is 10.0 Å². The first-order valence-electron chi connectivity index (χ1n) is 5.28. The van der Waals surface area contributed by atoms with Crippen molar-refractivity contribution in [2.45, 2.75) is 18.9 Å². The van der Waals surface area contributed by atoms with E-state index < -0.39 is 0 Å². The van der Waals surface area contributed by atoms with Crippen LogP contribution in [0.15, 0.2) is 10.5 Å². The summed E-state index contributed by atoms with van der Waals surface area (Å²) in [6.07, 6.45) is 2.00. The zero-order chi connectivity index (χ0) is 11.1. The van der Waals surface area contributed by atoms with Crippen LogP contribution in [-0.4, -0.2) is 13.3 Å². The quantitative estimate of drug-likeness (QED) is 0.862. The van der Waals surface area contributed by atoms with E-state index in [9.17, 15) is 4.39 Å². The fourth-order valence-electron chi connectivity index (χ4n) is 2.26. The number of hydrogen-bond donors (Lipinski definition) is 1. The zero-order valence-corrected chi connectivity index (χ0v) is 10.1. The third kappa shape index (κ3) is 1.50. The minimum Gasteiger partial charge on any atom is -0.454 e. The van der Waals surface area contributed by atoms with Crippen molar-refractivity contribution in [3.8, 4) is 11.5 Å². The van der Waals surface area contributed by atoms with E-state index in [1.807, 2.05) is 0 Å². The van der Waals surface area contributed by atoms with Gasteiger partial charge in [-0.3, -0.25) is 0 Å². The molecule has 0 spiro atoms. The lowest BCUT2D eigenvalue weighted by molar-refractivity contribution is 0.172. The molecule has 1 unspecified atom stereocenters. The number of rotatable bonds is 1. The molecule has 1 N–H and O–H groups in total. The lowest BCUT2D eigenvalue weighted by Gasteiger charge is -2.15. The molecule has 86 valence electrons. The van der Waals surface area contributed by atoms with E-state index in [1.165, 1.54) is 0 Å². The number of ether oxygens (including phenoxy) is 2. The monoisotopic (exact) mass is 287 g/mol. The molecule has 0 bridgehead atoms. The van der Waals surface area contributed by atoms with Crippen molar-refractivity contribution in [1.82, 2.24) is 5.32 Å². The Morgan fingerprint density at radius 2 is 2.31 bits per heavy atom. The van der Waals surface area contributed by atoms with Crippen LogP contribution in [0.5, 0.6) is 11.5 Å². The van der Waals surface area contributed by atoms with Gasteiger partial charge < -0.3 is 14.8 Å². The summed E-state index contributed by atoms with van der Waals surface area (Å²) in [6, 6.07) is 1.66. The molecule has 3 nitrogen and oxygen atoms in total. The number of hydrogen-bond acceptors (Lipinski definition) is 3. The number of fused-ring (bicyclic) bond motifs is 1. The van der Waals surface area contributed by atoms with Crippen molar-refractivity contribution in [3.05, 3.63) is 21.9 Å². The van der Waals surface area contributed by atoms with Crippen LogP contribution < -0.4 is 14.8 Å². The maximum Gasteiger partial charge on any atom is 0.231 e. The van der Waals surface area contributed by atoms with E-state index in [4.69, 9.17) is 9.47 Å². The molecule has 2 aliphatic heterocycles. The number of nitrogens with one attached hydrogen (secondary N) is 1. The second-order valence-electron chi connectivity index (χ2n) is 3.97. The second-order valence-corrected chi connectivity index (χ2v) is 4.82. The highest BCUT2D eigenvalue weighted by Crippen LogP contribution is 2.45. The Hall–Kier alpha value is -0.810. The molecule has 16 heavy (non-hydrogen) atoms. The summed E-state index contributed by atoms with van der Waals surface area (Å²) in [7, 11) is 0. The predicted octanol–water partition coefficient (Wildman–Crippen LogP) is 2.74. The molecule has 3 rings (SSSR count). The molecular formula is C11H11BrFNO2. The van der Waals surface area contributed by atoms with Crippen LogP contribution in [0.3, 0.4) is 0 Å². The Kier molecular flexibility index (Phi) is 2.52. The average Bonchev–Trinajstić information content (AvgIpc) is 2.89. The largest absolute Gasteiger partial charge is 0.454 e. The molecule has 0 radical (unpaired) electrons. The summed E-state index contributed by atoms with van der Waals surface area (Å²) in [5, 5.41) is 3.27. The van der Waals surface area contributed by atoms with Crippen molar-refractivity contribution in [1.29, 1.82) is 0 Å². The van der Waals surface area contributed by atoms with Crippen LogP contribution in [0.25, 0.3) is 0 Å². The minimum atomic E-state index is -0.247. The Balaban J connectivity index is 2.14. The van der Waals surface area contributed by atoms with E-state index in [2.05, 4.69) is 21.2 Å². The third-order valence-electron chi connectivity index (χ3n) is 3.00. The van der Waals surface area contributed by atoms with Crippen molar-refractivity contribution in [3.63, 3.8) is 0 Å². The molecule has 5 heteroatoms. The Labute approximate surface area is 101 Å².